The van der Waals surface area contributed by atoms with Gasteiger partial charge in [0, 0.05) is 6.42 Å². The number of amides is 1. The Labute approximate surface area is 144 Å². The van der Waals surface area contributed by atoms with Gasteiger partial charge in [-0.05, 0) is 30.2 Å². The normalized spacial score (nSPS) is 10.1. The average molecular weight is 349 g/mol. The molecule has 1 heterocycles. The summed E-state index contributed by atoms with van der Waals surface area (Å²) in [5.41, 5.74) is 0.897. The number of anilines is 1. The van der Waals surface area contributed by atoms with E-state index in [0.717, 1.165) is 5.56 Å². The van der Waals surface area contributed by atoms with Crippen molar-refractivity contribution in [2.75, 3.05) is 26.6 Å². The molecule has 0 bridgehead atoms. The van der Waals surface area contributed by atoms with E-state index < -0.39 is 5.97 Å². The molecule has 7 heteroatoms. The standard InChI is InChI=1S/C17H19NO5S/c1-21-12-6-4-5-11(16(12)22-2)7-9-14(19)18-15-10-8-13(24-15)17(20)23-3/h4-6,8,10H,7,9H2,1-3H3,(H,18,19). The third-order valence-corrected chi connectivity index (χ3v) is 4.34. The van der Waals surface area contributed by atoms with Crippen molar-refractivity contribution in [2.24, 2.45) is 0 Å². The van der Waals surface area contributed by atoms with Crippen LogP contribution in [0.3, 0.4) is 0 Å². The van der Waals surface area contributed by atoms with Crippen LogP contribution >= 0.6 is 11.3 Å². The highest BCUT2D eigenvalue weighted by Gasteiger charge is 2.13. The third-order valence-electron chi connectivity index (χ3n) is 3.36. The van der Waals surface area contributed by atoms with E-state index in [-0.39, 0.29) is 12.3 Å². The lowest BCUT2D eigenvalue weighted by molar-refractivity contribution is -0.116. The maximum Gasteiger partial charge on any atom is 0.348 e. The molecule has 0 saturated heterocycles. The Bertz CT molecular complexity index is 726. The molecule has 0 aliphatic rings. The monoisotopic (exact) mass is 349 g/mol. The van der Waals surface area contributed by atoms with E-state index in [0.29, 0.717) is 27.8 Å². The van der Waals surface area contributed by atoms with Gasteiger partial charge in [-0.3, -0.25) is 4.79 Å². The number of esters is 1. The second kappa shape index (κ2) is 8.35. The number of aryl methyl sites for hydroxylation is 1. The van der Waals surface area contributed by atoms with E-state index in [1.165, 1.54) is 18.4 Å². The molecule has 128 valence electrons. The number of ether oxygens (including phenoxy) is 3. The highest BCUT2D eigenvalue weighted by atomic mass is 32.1. The predicted molar refractivity (Wildman–Crippen MR) is 92.2 cm³/mol. The number of carbonyl (C=O) groups is 2. The maximum absolute atomic E-state index is 12.1. The van der Waals surface area contributed by atoms with Crippen LogP contribution in [0.2, 0.25) is 0 Å². The first-order valence-corrected chi connectivity index (χ1v) is 8.08. The zero-order chi connectivity index (χ0) is 17.5. The average Bonchev–Trinajstić information content (AvgIpc) is 3.07. The molecule has 0 fully saturated rings. The Balaban J connectivity index is 1.96. The van der Waals surface area contributed by atoms with Crippen LogP contribution in [0.25, 0.3) is 0 Å². The molecule has 2 aromatic rings. The Hall–Kier alpha value is -2.54. The van der Waals surface area contributed by atoms with Gasteiger partial charge < -0.3 is 19.5 Å². The van der Waals surface area contributed by atoms with E-state index in [1.54, 1.807) is 26.4 Å². The van der Waals surface area contributed by atoms with Gasteiger partial charge >= 0.3 is 5.97 Å². The van der Waals surface area contributed by atoms with Crippen molar-refractivity contribution in [3.63, 3.8) is 0 Å². The molecule has 0 aliphatic carbocycles. The number of benzene rings is 1. The van der Waals surface area contributed by atoms with E-state index in [4.69, 9.17) is 9.47 Å². The zero-order valence-corrected chi connectivity index (χ0v) is 14.6. The molecule has 0 unspecified atom stereocenters. The lowest BCUT2D eigenvalue weighted by Crippen LogP contribution is -2.11. The fourth-order valence-corrected chi connectivity index (χ4v) is 3.05. The molecule has 6 nitrogen and oxygen atoms in total. The van der Waals surface area contributed by atoms with E-state index in [2.05, 4.69) is 10.1 Å². The van der Waals surface area contributed by atoms with Crippen molar-refractivity contribution >= 4 is 28.2 Å². The molecular formula is C17H19NO5S. The number of thiophene rings is 1. The lowest BCUT2D eigenvalue weighted by Gasteiger charge is -2.12. The van der Waals surface area contributed by atoms with E-state index >= 15 is 0 Å². The number of hydrogen-bond donors (Lipinski definition) is 1. The molecule has 0 aliphatic heterocycles. The van der Waals surface area contributed by atoms with Crippen molar-refractivity contribution < 1.29 is 23.8 Å². The third kappa shape index (κ3) is 4.26. The molecule has 1 N–H and O–H groups in total. The van der Waals surface area contributed by atoms with Crippen LogP contribution in [0.5, 0.6) is 11.5 Å². The van der Waals surface area contributed by atoms with E-state index in [9.17, 15) is 9.59 Å². The molecule has 0 atom stereocenters. The van der Waals surface area contributed by atoms with Crippen LogP contribution < -0.4 is 14.8 Å². The first-order valence-electron chi connectivity index (χ1n) is 7.27. The van der Waals surface area contributed by atoms with Crippen LogP contribution in [-0.2, 0) is 16.0 Å². The van der Waals surface area contributed by atoms with Crippen molar-refractivity contribution in [1.29, 1.82) is 0 Å². The van der Waals surface area contributed by atoms with Gasteiger partial charge in [0.1, 0.15) is 4.88 Å². The number of rotatable bonds is 7. The Morgan fingerprint density at radius 1 is 1.08 bits per heavy atom. The molecule has 24 heavy (non-hydrogen) atoms. The first kappa shape index (κ1) is 17.8. The largest absolute Gasteiger partial charge is 0.493 e. The minimum absolute atomic E-state index is 0.141. The van der Waals surface area contributed by atoms with Gasteiger partial charge in [-0.25, -0.2) is 4.79 Å². The summed E-state index contributed by atoms with van der Waals surface area (Å²) in [4.78, 5) is 23.9. The topological polar surface area (TPSA) is 73.9 Å². The van der Waals surface area contributed by atoms with Gasteiger partial charge in [-0.1, -0.05) is 12.1 Å². The van der Waals surface area contributed by atoms with Crippen LogP contribution in [0, 0.1) is 0 Å². The van der Waals surface area contributed by atoms with Crippen molar-refractivity contribution in [1.82, 2.24) is 0 Å². The number of hydrogen-bond acceptors (Lipinski definition) is 6. The van der Waals surface area contributed by atoms with Crippen LogP contribution in [-0.4, -0.2) is 33.2 Å². The molecule has 0 spiro atoms. The van der Waals surface area contributed by atoms with Crippen LogP contribution in [0.4, 0.5) is 5.00 Å². The van der Waals surface area contributed by atoms with Gasteiger partial charge in [0.05, 0.1) is 26.3 Å². The highest BCUT2D eigenvalue weighted by molar-refractivity contribution is 7.18. The lowest BCUT2D eigenvalue weighted by atomic mass is 10.1. The molecular weight excluding hydrogens is 330 g/mol. The molecule has 1 aromatic carbocycles. The predicted octanol–water partition coefficient (Wildman–Crippen LogP) is 3.12. The molecule has 1 aromatic heterocycles. The molecule has 0 saturated carbocycles. The van der Waals surface area contributed by atoms with E-state index in [1.807, 2.05) is 18.2 Å². The minimum Gasteiger partial charge on any atom is -0.493 e. The second-order valence-electron chi connectivity index (χ2n) is 4.86. The van der Waals surface area contributed by atoms with Gasteiger partial charge in [0.25, 0.3) is 0 Å². The summed E-state index contributed by atoms with van der Waals surface area (Å²) >= 11 is 1.18. The van der Waals surface area contributed by atoms with Crippen molar-refractivity contribution in [3.8, 4) is 11.5 Å². The summed E-state index contributed by atoms with van der Waals surface area (Å²) in [6.07, 6.45) is 0.802. The number of methoxy groups -OCH3 is 3. The summed E-state index contributed by atoms with van der Waals surface area (Å²) in [7, 11) is 4.47. The molecule has 0 radical (unpaired) electrons. The van der Waals surface area contributed by atoms with Gasteiger partial charge in [-0.2, -0.15) is 0 Å². The molecule has 1 amide bonds. The zero-order valence-electron chi connectivity index (χ0n) is 13.8. The van der Waals surface area contributed by atoms with Gasteiger partial charge in [-0.15, -0.1) is 11.3 Å². The molecule has 2 rings (SSSR count). The minimum atomic E-state index is -0.415. The first-order chi connectivity index (χ1) is 11.6. The smallest absolute Gasteiger partial charge is 0.348 e. The summed E-state index contributed by atoms with van der Waals surface area (Å²) < 4.78 is 15.2. The second-order valence-corrected chi connectivity index (χ2v) is 5.94. The quantitative estimate of drug-likeness (QED) is 0.778. The fraction of sp³-hybridized carbons (Fsp3) is 0.294. The van der Waals surface area contributed by atoms with Gasteiger partial charge in [0.2, 0.25) is 5.91 Å². The number of nitrogens with one attached hydrogen (secondary N) is 1. The van der Waals surface area contributed by atoms with Crippen molar-refractivity contribution in [3.05, 3.63) is 40.8 Å². The Morgan fingerprint density at radius 2 is 1.88 bits per heavy atom. The SMILES string of the molecule is COC(=O)c1ccc(NC(=O)CCc2cccc(OC)c2OC)s1. The fourth-order valence-electron chi connectivity index (χ4n) is 2.21. The number of para-hydroxylation sites is 1. The van der Waals surface area contributed by atoms with Crippen LogP contribution in [0.15, 0.2) is 30.3 Å². The van der Waals surface area contributed by atoms with Crippen LogP contribution in [0.1, 0.15) is 21.7 Å². The Kier molecular flexibility index (Phi) is 6.20. The summed E-state index contributed by atoms with van der Waals surface area (Å²) in [6, 6.07) is 8.87. The summed E-state index contributed by atoms with van der Waals surface area (Å²) in [5.74, 6) is 0.716. The van der Waals surface area contributed by atoms with Gasteiger partial charge in [0.15, 0.2) is 11.5 Å². The Morgan fingerprint density at radius 3 is 2.54 bits per heavy atom. The maximum atomic E-state index is 12.1. The highest BCUT2D eigenvalue weighted by Crippen LogP contribution is 2.31. The van der Waals surface area contributed by atoms with Crippen molar-refractivity contribution in [2.45, 2.75) is 12.8 Å². The summed E-state index contributed by atoms with van der Waals surface area (Å²) in [5, 5.41) is 3.39. The number of carbonyl (C=O) groups excluding carboxylic acids is 2. The summed E-state index contributed by atoms with van der Waals surface area (Å²) in [6.45, 7) is 0.